The first-order valence-corrected chi connectivity index (χ1v) is 16.1. The first-order valence-electron chi connectivity index (χ1n) is 16.1. The zero-order valence-corrected chi connectivity index (χ0v) is 27.2. The van der Waals surface area contributed by atoms with E-state index in [1.165, 1.54) is 11.1 Å². The van der Waals surface area contributed by atoms with E-state index in [0.29, 0.717) is 0 Å². The lowest BCUT2D eigenvalue weighted by Gasteiger charge is -2.27. The summed E-state index contributed by atoms with van der Waals surface area (Å²) in [5.41, 5.74) is 10.5. The second-order valence-electron chi connectivity index (χ2n) is 12.9. The number of allylic oxidation sites excluding steroid dienone is 1. The average Bonchev–Trinajstić information content (AvgIpc) is 3.63. The van der Waals surface area contributed by atoms with Gasteiger partial charge < -0.3 is 0 Å². The molecule has 0 aliphatic carbocycles. The molecule has 0 N–H and O–H groups in total. The maximum Gasteiger partial charge on any atom is 0.145 e. The molecule has 0 radical (unpaired) electrons. The quantitative estimate of drug-likeness (QED) is 0.170. The highest BCUT2D eigenvalue weighted by atomic mass is 15.1. The summed E-state index contributed by atoms with van der Waals surface area (Å²) in [4.78, 5) is 10.4. The fraction of sp³-hybridized carbons (Fsp3) is 0.300. The second-order valence-corrected chi connectivity index (χ2v) is 12.9. The minimum Gasteiger partial charge on any atom is -0.299 e. The third kappa shape index (κ3) is 5.06. The highest BCUT2D eigenvalue weighted by Crippen LogP contribution is 2.36. The Morgan fingerprint density at radius 2 is 1.20 bits per heavy atom. The van der Waals surface area contributed by atoms with Crippen LogP contribution < -0.4 is 0 Å². The summed E-state index contributed by atoms with van der Waals surface area (Å²) in [6, 6.07) is 32.8. The number of rotatable bonds is 9. The molecule has 2 aromatic heterocycles. The van der Waals surface area contributed by atoms with Crippen molar-refractivity contribution in [3.05, 3.63) is 108 Å². The molecule has 4 heteroatoms. The van der Waals surface area contributed by atoms with E-state index in [1.54, 1.807) is 0 Å². The molecule has 6 rings (SSSR count). The van der Waals surface area contributed by atoms with Gasteiger partial charge in [0.2, 0.25) is 0 Å². The largest absolute Gasteiger partial charge is 0.299 e. The van der Waals surface area contributed by atoms with E-state index in [9.17, 15) is 0 Å². The molecule has 0 bridgehead atoms. The Hall–Kier alpha value is -4.44. The van der Waals surface area contributed by atoms with Gasteiger partial charge in [-0.05, 0) is 84.5 Å². The normalized spacial score (nSPS) is 12.6. The Bertz CT molecular complexity index is 1950. The number of hydrogen-bond donors (Lipinski definition) is 0. The highest BCUT2D eigenvalue weighted by Gasteiger charge is 2.24. The predicted molar refractivity (Wildman–Crippen MR) is 187 cm³/mol. The molecule has 44 heavy (non-hydrogen) atoms. The molecule has 0 unspecified atom stereocenters. The van der Waals surface area contributed by atoms with E-state index in [4.69, 9.17) is 9.97 Å². The fourth-order valence-corrected chi connectivity index (χ4v) is 6.14. The summed E-state index contributed by atoms with van der Waals surface area (Å²) in [6.45, 7) is 15.8. The van der Waals surface area contributed by atoms with E-state index < -0.39 is 0 Å². The average molecular weight is 581 g/mol. The van der Waals surface area contributed by atoms with E-state index >= 15 is 0 Å². The van der Waals surface area contributed by atoms with Crippen molar-refractivity contribution < 1.29 is 0 Å². The monoisotopic (exact) mass is 580 g/mol. The van der Waals surface area contributed by atoms with Crippen LogP contribution in [0.15, 0.2) is 97.1 Å². The number of para-hydroxylation sites is 1. The SMILES string of the molecule is C/C=C/n1c(-c2ccc(-c3nc4cc(C(C)(CC)CC)ccc4n3-c3ccccc3)cc2)nc2cc(C(C)(C)CC)ccc21. The van der Waals surface area contributed by atoms with Gasteiger partial charge in [0.05, 0.1) is 22.1 Å². The minimum atomic E-state index is 0.108. The van der Waals surface area contributed by atoms with Gasteiger partial charge >= 0.3 is 0 Å². The summed E-state index contributed by atoms with van der Waals surface area (Å²) in [7, 11) is 0. The van der Waals surface area contributed by atoms with E-state index in [1.807, 2.05) is 0 Å². The van der Waals surface area contributed by atoms with Gasteiger partial charge in [-0.3, -0.25) is 9.13 Å². The molecule has 0 aliphatic rings. The lowest BCUT2D eigenvalue weighted by atomic mass is 9.78. The summed E-state index contributed by atoms with van der Waals surface area (Å²) < 4.78 is 4.49. The molecule has 4 aromatic carbocycles. The molecule has 0 fully saturated rings. The van der Waals surface area contributed by atoms with Gasteiger partial charge in [0, 0.05) is 23.0 Å². The first-order chi connectivity index (χ1) is 21.2. The molecule has 0 atom stereocenters. The lowest BCUT2D eigenvalue weighted by molar-refractivity contribution is 0.439. The third-order valence-electron chi connectivity index (χ3n) is 9.98. The van der Waals surface area contributed by atoms with E-state index in [2.05, 4.69) is 161 Å². The summed E-state index contributed by atoms with van der Waals surface area (Å²) in [6.07, 6.45) is 7.45. The number of hydrogen-bond acceptors (Lipinski definition) is 2. The molecular weight excluding hydrogens is 536 g/mol. The number of benzene rings is 4. The van der Waals surface area contributed by atoms with Crippen molar-refractivity contribution in [2.45, 2.75) is 78.6 Å². The summed E-state index contributed by atoms with van der Waals surface area (Å²) in [5, 5.41) is 0. The lowest BCUT2D eigenvalue weighted by Crippen LogP contribution is -2.19. The molecule has 0 aliphatic heterocycles. The molecular formula is C40H44N4. The molecule has 224 valence electrons. The molecule has 0 saturated heterocycles. The molecule has 2 heterocycles. The van der Waals surface area contributed by atoms with Gasteiger partial charge in [0.1, 0.15) is 11.6 Å². The summed E-state index contributed by atoms with van der Waals surface area (Å²) in [5.74, 6) is 1.88. The Morgan fingerprint density at radius 3 is 1.84 bits per heavy atom. The van der Waals surface area contributed by atoms with Crippen LogP contribution in [0.4, 0.5) is 0 Å². The van der Waals surface area contributed by atoms with Crippen molar-refractivity contribution >= 4 is 28.3 Å². The van der Waals surface area contributed by atoms with Crippen LogP contribution >= 0.6 is 0 Å². The van der Waals surface area contributed by atoms with Crippen LogP contribution in [0.5, 0.6) is 0 Å². The second kappa shape index (κ2) is 11.6. The van der Waals surface area contributed by atoms with Crippen LogP contribution in [0.2, 0.25) is 0 Å². The van der Waals surface area contributed by atoms with Gasteiger partial charge in [-0.1, -0.05) is 102 Å². The van der Waals surface area contributed by atoms with Crippen LogP contribution in [0.25, 0.3) is 56.7 Å². The van der Waals surface area contributed by atoms with Gasteiger partial charge in [-0.15, -0.1) is 0 Å². The fourth-order valence-electron chi connectivity index (χ4n) is 6.14. The first kappa shape index (κ1) is 29.6. The van der Waals surface area contributed by atoms with Crippen LogP contribution in [0.3, 0.4) is 0 Å². The maximum absolute atomic E-state index is 5.26. The van der Waals surface area contributed by atoms with Crippen molar-refractivity contribution in [1.82, 2.24) is 19.1 Å². The van der Waals surface area contributed by atoms with Crippen LogP contribution in [-0.2, 0) is 10.8 Å². The Kier molecular flexibility index (Phi) is 7.79. The van der Waals surface area contributed by atoms with Crippen molar-refractivity contribution in [3.63, 3.8) is 0 Å². The van der Waals surface area contributed by atoms with Crippen molar-refractivity contribution in [1.29, 1.82) is 0 Å². The highest BCUT2D eigenvalue weighted by molar-refractivity contribution is 5.86. The van der Waals surface area contributed by atoms with Gasteiger partial charge in [0.25, 0.3) is 0 Å². The van der Waals surface area contributed by atoms with Crippen molar-refractivity contribution in [2.75, 3.05) is 0 Å². The molecule has 0 amide bonds. The number of imidazole rings is 2. The van der Waals surface area contributed by atoms with Crippen LogP contribution in [0, 0.1) is 0 Å². The molecule has 4 nitrogen and oxygen atoms in total. The van der Waals surface area contributed by atoms with Crippen LogP contribution in [0.1, 0.15) is 78.9 Å². The Labute approximate surface area is 262 Å². The molecule has 0 spiro atoms. The standard InChI is InChI=1S/C40H44N4/c1-8-25-43-35-23-21-30(39(5,6)9-2)26-33(35)41-37(43)28-17-19-29(20-18-28)38-42-34-27-31(40(7,10-3)11-4)22-24-36(34)44(38)32-15-13-12-14-16-32/h8,12-27H,9-11H2,1-7H3/b25-8+. The number of fused-ring (bicyclic) bond motifs is 2. The maximum atomic E-state index is 5.26. The molecule has 6 aromatic rings. The van der Waals surface area contributed by atoms with Crippen molar-refractivity contribution in [2.24, 2.45) is 0 Å². The Balaban J connectivity index is 1.47. The zero-order valence-electron chi connectivity index (χ0n) is 27.2. The number of aromatic nitrogens is 4. The van der Waals surface area contributed by atoms with E-state index in [0.717, 1.165) is 69.8 Å². The van der Waals surface area contributed by atoms with Gasteiger partial charge in [0.15, 0.2) is 0 Å². The summed E-state index contributed by atoms with van der Waals surface area (Å²) >= 11 is 0. The smallest absolute Gasteiger partial charge is 0.145 e. The number of nitrogens with zero attached hydrogens (tertiary/aromatic N) is 4. The van der Waals surface area contributed by atoms with Gasteiger partial charge in [-0.25, -0.2) is 9.97 Å². The van der Waals surface area contributed by atoms with Crippen LogP contribution in [-0.4, -0.2) is 19.1 Å². The zero-order chi connectivity index (χ0) is 31.1. The van der Waals surface area contributed by atoms with Gasteiger partial charge in [-0.2, -0.15) is 0 Å². The van der Waals surface area contributed by atoms with Crippen molar-refractivity contribution in [3.8, 4) is 28.5 Å². The predicted octanol–water partition coefficient (Wildman–Crippen LogP) is 11.0. The Morgan fingerprint density at radius 1 is 0.636 bits per heavy atom. The molecule has 0 saturated carbocycles. The van der Waals surface area contributed by atoms with E-state index in [-0.39, 0.29) is 10.8 Å². The minimum absolute atomic E-state index is 0.108. The third-order valence-corrected chi connectivity index (χ3v) is 9.98. The topological polar surface area (TPSA) is 35.6 Å².